The first-order valence-corrected chi connectivity index (χ1v) is 7.70. The highest BCUT2D eigenvalue weighted by atomic mass is 16.5. The number of aromatic hydroxyl groups is 1. The maximum atomic E-state index is 11.9. The predicted molar refractivity (Wildman–Crippen MR) is 94.2 cm³/mol. The number of ether oxygens (including phenoxy) is 1. The second-order valence-electron chi connectivity index (χ2n) is 5.53. The lowest BCUT2D eigenvalue weighted by molar-refractivity contribution is -0.138. The normalized spacial score (nSPS) is 11.1. The van der Waals surface area contributed by atoms with Crippen molar-refractivity contribution in [2.75, 3.05) is 0 Å². The maximum Gasteiger partial charge on any atom is 0.336 e. The molecule has 0 saturated heterocycles. The molecule has 5 nitrogen and oxygen atoms in total. The van der Waals surface area contributed by atoms with Gasteiger partial charge < -0.3 is 14.3 Å². The van der Waals surface area contributed by atoms with Gasteiger partial charge in [-0.05, 0) is 30.7 Å². The summed E-state index contributed by atoms with van der Waals surface area (Å²) in [6.45, 7) is 1.59. The summed E-state index contributed by atoms with van der Waals surface area (Å²) in [5, 5.41) is 10.4. The minimum Gasteiger partial charge on any atom is -0.508 e. The number of carbonyl (C=O) groups excluding carboxylic acids is 1. The summed E-state index contributed by atoms with van der Waals surface area (Å²) in [6.07, 6.45) is 2.99. The van der Waals surface area contributed by atoms with Crippen LogP contribution in [0.5, 0.6) is 5.75 Å². The minimum atomic E-state index is -0.563. The molecule has 0 aliphatic heterocycles. The number of fused-ring (bicyclic) bond motifs is 1. The molecule has 1 N–H and O–H groups in total. The van der Waals surface area contributed by atoms with Crippen LogP contribution in [0, 0.1) is 6.92 Å². The van der Waals surface area contributed by atoms with E-state index >= 15 is 0 Å². The van der Waals surface area contributed by atoms with Crippen molar-refractivity contribution < 1.29 is 19.1 Å². The van der Waals surface area contributed by atoms with Gasteiger partial charge in [0.1, 0.15) is 17.9 Å². The first-order valence-electron chi connectivity index (χ1n) is 7.70. The van der Waals surface area contributed by atoms with E-state index in [2.05, 4.69) is 0 Å². The summed E-state index contributed by atoms with van der Waals surface area (Å²) >= 11 is 0. The van der Waals surface area contributed by atoms with Gasteiger partial charge in [0.25, 0.3) is 0 Å². The molecule has 25 heavy (non-hydrogen) atoms. The van der Waals surface area contributed by atoms with Crippen LogP contribution < -0.4 is 5.63 Å². The van der Waals surface area contributed by atoms with E-state index in [0.29, 0.717) is 22.1 Å². The third-order valence-electron chi connectivity index (χ3n) is 3.80. The van der Waals surface area contributed by atoms with Crippen LogP contribution in [0.4, 0.5) is 0 Å². The van der Waals surface area contributed by atoms with Gasteiger partial charge in [-0.15, -0.1) is 0 Å². The molecule has 0 saturated carbocycles. The summed E-state index contributed by atoms with van der Waals surface area (Å²) in [5.74, 6) is -0.476. The van der Waals surface area contributed by atoms with E-state index in [1.807, 2.05) is 30.3 Å². The Morgan fingerprint density at radius 3 is 2.72 bits per heavy atom. The molecular formula is C20H16O5. The second-order valence-corrected chi connectivity index (χ2v) is 5.53. The Kier molecular flexibility index (Phi) is 4.66. The molecule has 5 heteroatoms. The molecule has 0 unspecified atom stereocenters. The van der Waals surface area contributed by atoms with Gasteiger partial charge >= 0.3 is 11.6 Å². The Balaban J connectivity index is 1.79. The van der Waals surface area contributed by atoms with Gasteiger partial charge in [0.15, 0.2) is 0 Å². The Hall–Kier alpha value is -3.34. The summed E-state index contributed by atoms with van der Waals surface area (Å²) < 4.78 is 10.4. The van der Waals surface area contributed by atoms with Gasteiger partial charge in [-0.25, -0.2) is 9.59 Å². The van der Waals surface area contributed by atoms with Crippen LogP contribution in [0.1, 0.15) is 16.7 Å². The van der Waals surface area contributed by atoms with Crippen molar-refractivity contribution in [3.05, 3.63) is 81.7 Å². The number of hydrogen-bond donors (Lipinski definition) is 1. The van der Waals surface area contributed by atoms with E-state index in [0.717, 1.165) is 5.56 Å². The monoisotopic (exact) mass is 336 g/mol. The molecule has 0 radical (unpaired) electrons. The van der Waals surface area contributed by atoms with Crippen molar-refractivity contribution in [2.24, 2.45) is 0 Å². The number of phenols is 1. The van der Waals surface area contributed by atoms with Gasteiger partial charge in [-0.3, -0.25) is 0 Å². The third-order valence-corrected chi connectivity index (χ3v) is 3.80. The van der Waals surface area contributed by atoms with Crippen molar-refractivity contribution in [3.8, 4) is 5.75 Å². The van der Waals surface area contributed by atoms with E-state index in [1.165, 1.54) is 18.2 Å². The SMILES string of the molecule is Cc1c(O)ccc2c(COC(=O)/C=C/c3ccccc3)cc(=O)oc12. The number of aryl methyl sites for hydroxylation is 1. The first kappa shape index (κ1) is 16.5. The van der Waals surface area contributed by atoms with Crippen molar-refractivity contribution in [1.29, 1.82) is 0 Å². The van der Waals surface area contributed by atoms with Crippen LogP contribution in [0.2, 0.25) is 0 Å². The summed E-state index contributed by atoms with van der Waals surface area (Å²) in [6, 6.07) is 13.8. The molecule has 0 atom stereocenters. The van der Waals surface area contributed by atoms with Crippen LogP contribution in [-0.2, 0) is 16.1 Å². The van der Waals surface area contributed by atoms with E-state index < -0.39 is 11.6 Å². The minimum absolute atomic E-state index is 0.0376. The largest absolute Gasteiger partial charge is 0.508 e. The number of esters is 1. The molecule has 0 amide bonds. The summed E-state index contributed by atoms with van der Waals surface area (Å²) in [7, 11) is 0. The van der Waals surface area contributed by atoms with Crippen molar-refractivity contribution in [3.63, 3.8) is 0 Å². The molecule has 0 aliphatic rings. The Morgan fingerprint density at radius 2 is 1.96 bits per heavy atom. The van der Waals surface area contributed by atoms with Gasteiger partial charge in [0.05, 0.1) is 0 Å². The Morgan fingerprint density at radius 1 is 1.20 bits per heavy atom. The van der Waals surface area contributed by atoms with Crippen LogP contribution >= 0.6 is 0 Å². The number of benzene rings is 2. The molecule has 0 bridgehead atoms. The van der Waals surface area contributed by atoms with Crippen LogP contribution in [0.25, 0.3) is 17.0 Å². The Bertz CT molecular complexity index is 1000. The molecule has 3 aromatic rings. The lowest BCUT2D eigenvalue weighted by atomic mass is 10.1. The standard InChI is InChI=1S/C20H16O5/c1-13-17(21)9-8-16-15(11-19(23)25-20(13)16)12-24-18(22)10-7-14-5-3-2-4-6-14/h2-11,21H,12H2,1H3/b10-7+. The molecule has 3 rings (SSSR count). The fourth-order valence-electron chi connectivity index (χ4n) is 2.46. The average molecular weight is 336 g/mol. The van der Waals surface area contributed by atoms with E-state index in [4.69, 9.17) is 9.15 Å². The average Bonchev–Trinajstić information content (AvgIpc) is 2.62. The predicted octanol–water partition coefficient (Wildman–Crippen LogP) is 3.56. The first-order chi connectivity index (χ1) is 12.0. The van der Waals surface area contributed by atoms with Gasteiger partial charge in [-0.2, -0.15) is 0 Å². The third kappa shape index (κ3) is 3.77. The van der Waals surface area contributed by atoms with Crippen LogP contribution in [0.15, 0.2) is 63.8 Å². The number of phenolic OH excluding ortho intramolecular Hbond substituents is 1. The smallest absolute Gasteiger partial charge is 0.336 e. The number of rotatable bonds is 4. The molecule has 0 aliphatic carbocycles. The summed E-state index contributed by atoms with van der Waals surface area (Å²) in [4.78, 5) is 23.6. The molecule has 126 valence electrons. The zero-order valence-corrected chi connectivity index (χ0v) is 13.6. The van der Waals surface area contributed by atoms with Crippen LogP contribution in [0.3, 0.4) is 0 Å². The van der Waals surface area contributed by atoms with Gasteiger partial charge in [-0.1, -0.05) is 30.3 Å². The van der Waals surface area contributed by atoms with Crippen LogP contribution in [-0.4, -0.2) is 11.1 Å². The topological polar surface area (TPSA) is 76.7 Å². The molecule has 1 aromatic heterocycles. The van der Waals surface area contributed by atoms with Crippen molar-refractivity contribution in [1.82, 2.24) is 0 Å². The number of carbonyl (C=O) groups is 1. The lowest BCUT2D eigenvalue weighted by Gasteiger charge is -2.08. The van der Waals surface area contributed by atoms with E-state index in [1.54, 1.807) is 19.1 Å². The Labute approximate surface area is 143 Å². The summed E-state index contributed by atoms with van der Waals surface area (Å²) in [5.41, 5.74) is 1.60. The quantitative estimate of drug-likeness (QED) is 0.448. The zero-order valence-electron chi connectivity index (χ0n) is 13.6. The fourth-order valence-corrected chi connectivity index (χ4v) is 2.46. The van der Waals surface area contributed by atoms with Crippen molar-refractivity contribution >= 4 is 23.0 Å². The van der Waals surface area contributed by atoms with E-state index in [-0.39, 0.29) is 12.4 Å². The molecule has 0 fully saturated rings. The van der Waals surface area contributed by atoms with Crippen molar-refractivity contribution in [2.45, 2.75) is 13.5 Å². The number of hydrogen-bond acceptors (Lipinski definition) is 5. The molecule has 0 spiro atoms. The zero-order chi connectivity index (χ0) is 17.8. The highest BCUT2D eigenvalue weighted by Crippen LogP contribution is 2.27. The molecule has 1 heterocycles. The second kappa shape index (κ2) is 7.05. The van der Waals surface area contributed by atoms with E-state index in [9.17, 15) is 14.7 Å². The highest BCUT2D eigenvalue weighted by molar-refractivity contribution is 5.88. The molecular weight excluding hydrogens is 320 g/mol. The van der Waals surface area contributed by atoms with Gasteiger partial charge in [0, 0.05) is 28.7 Å². The lowest BCUT2D eigenvalue weighted by Crippen LogP contribution is -2.06. The maximum absolute atomic E-state index is 11.9. The fraction of sp³-hybridized carbons (Fsp3) is 0.100. The molecule has 2 aromatic carbocycles. The highest BCUT2D eigenvalue weighted by Gasteiger charge is 2.11. The van der Waals surface area contributed by atoms with Gasteiger partial charge in [0.2, 0.25) is 0 Å².